The highest BCUT2D eigenvalue weighted by molar-refractivity contribution is 9.10. The molecule has 1 aliphatic heterocycles. The smallest absolute Gasteiger partial charge is 0.179 e. The zero-order valence-corrected chi connectivity index (χ0v) is 14.8. The number of H-pyrrole nitrogens is 1. The van der Waals surface area contributed by atoms with Crippen molar-refractivity contribution in [3.05, 3.63) is 21.5 Å². The number of nitrogens with one attached hydrogen (secondary N) is 1. The minimum atomic E-state index is -0.0172. The van der Waals surface area contributed by atoms with Crippen LogP contribution in [0.15, 0.2) is 16.7 Å². The van der Waals surface area contributed by atoms with Gasteiger partial charge in [-0.25, -0.2) is 4.98 Å². The lowest BCUT2D eigenvalue weighted by molar-refractivity contribution is -0.0984. The Morgan fingerprint density at radius 1 is 1.52 bits per heavy atom. The predicted octanol–water partition coefficient (Wildman–Crippen LogP) is 4.77. The molecule has 3 heterocycles. The van der Waals surface area contributed by atoms with Gasteiger partial charge in [-0.2, -0.15) is 0 Å². The topological polar surface area (TPSA) is 42.8 Å². The first-order valence-corrected chi connectivity index (χ1v) is 8.68. The van der Waals surface area contributed by atoms with E-state index in [1.165, 1.54) is 0 Å². The van der Waals surface area contributed by atoms with Crippen LogP contribution in [0.3, 0.4) is 0 Å². The summed E-state index contributed by atoms with van der Waals surface area (Å²) in [5, 5.41) is 0. The van der Waals surface area contributed by atoms with Crippen molar-refractivity contribution in [2.24, 2.45) is 0 Å². The molecule has 1 N–H and O–H groups in total. The summed E-state index contributed by atoms with van der Waals surface area (Å²) in [6, 6.07) is 2.38. The molecule has 6 heteroatoms. The van der Waals surface area contributed by atoms with Crippen molar-refractivity contribution in [2.45, 2.75) is 51.2 Å². The van der Waals surface area contributed by atoms with E-state index in [2.05, 4.69) is 44.3 Å². The fourth-order valence-corrected chi connectivity index (χ4v) is 3.97. The molecule has 4 nitrogen and oxygen atoms in total. The first-order chi connectivity index (χ1) is 10.1. The van der Waals surface area contributed by atoms with Crippen LogP contribution < -0.4 is 0 Å². The van der Waals surface area contributed by atoms with Gasteiger partial charge in [0.05, 0.1) is 11.1 Å². The van der Waals surface area contributed by atoms with Crippen molar-refractivity contribution in [2.75, 3.05) is 6.61 Å². The Balaban J connectivity index is 2.04. The zero-order valence-electron chi connectivity index (χ0n) is 12.4. The van der Waals surface area contributed by atoms with Crippen molar-refractivity contribution in [3.8, 4) is 0 Å². The summed E-state index contributed by atoms with van der Waals surface area (Å²) in [4.78, 5) is 7.83. The van der Waals surface area contributed by atoms with Crippen molar-refractivity contribution in [3.63, 3.8) is 0 Å². The van der Waals surface area contributed by atoms with Crippen molar-refractivity contribution in [1.29, 1.82) is 0 Å². The summed E-state index contributed by atoms with van der Waals surface area (Å²) < 4.78 is 9.97. The predicted molar refractivity (Wildman–Crippen MR) is 90.2 cm³/mol. The molecule has 0 bridgehead atoms. The van der Waals surface area contributed by atoms with Gasteiger partial charge in [0.2, 0.25) is 0 Å². The highest BCUT2D eigenvalue weighted by Gasteiger charge is 2.36. The average molecular weight is 370 g/mol. The Bertz CT molecular complexity index is 704. The number of fused-ring (bicyclic) bond motifs is 1. The lowest BCUT2D eigenvalue weighted by atomic mass is 9.86. The molecule has 21 heavy (non-hydrogen) atoms. The molecule has 0 aromatic carbocycles. The van der Waals surface area contributed by atoms with Gasteiger partial charge in [0.1, 0.15) is 0 Å². The molecule has 1 saturated heterocycles. The second-order valence-electron chi connectivity index (χ2n) is 5.71. The van der Waals surface area contributed by atoms with Crippen LogP contribution in [0.1, 0.15) is 45.6 Å². The van der Waals surface area contributed by atoms with Gasteiger partial charge < -0.3 is 9.72 Å². The highest BCUT2D eigenvalue weighted by atomic mass is 79.9. The standard InChI is InChI=1S/C15H20BrN3OS/c1-3-15(4-2)8-11(5-6-20-15)19-13-12(18-14(19)21)7-10(16)9-17-13/h7,9,11H,3-6,8H2,1-2H3,(H,18,21). The summed E-state index contributed by atoms with van der Waals surface area (Å²) in [7, 11) is 0. The molecule has 1 fully saturated rings. The quantitative estimate of drug-likeness (QED) is 0.792. The lowest BCUT2D eigenvalue weighted by Crippen LogP contribution is -2.39. The van der Waals surface area contributed by atoms with Crippen molar-refractivity contribution in [1.82, 2.24) is 14.5 Å². The second-order valence-corrected chi connectivity index (χ2v) is 7.01. The zero-order chi connectivity index (χ0) is 15.0. The Labute approximate surface area is 138 Å². The van der Waals surface area contributed by atoms with E-state index in [1.54, 1.807) is 0 Å². The van der Waals surface area contributed by atoms with E-state index in [4.69, 9.17) is 17.0 Å². The monoisotopic (exact) mass is 369 g/mol. The Morgan fingerprint density at radius 3 is 3.00 bits per heavy atom. The number of hydrogen-bond donors (Lipinski definition) is 1. The molecule has 1 unspecified atom stereocenters. The minimum absolute atomic E-state index is 0.0172. The SMILES string of the molecule is CCC1(CC)CC(n2c(=S)[nH]c3cc(Br)cnc32)CCO1. The van der Waals surface area contributed by atoms with Crippen molar-refractivity contribution < 1.29 is 4.74 Å². The summed E-state index contributed by atoms with van der Waals surface area (Å²) in [5.74, 6) is 0. The van der Waals surface area contributed by atoms with E-state index >= 15 is 0 Å². The molecule has 3 rings (SSSR count). The number of aromatic nitrogens is 3. The molecular weight excluding hydrogens is 350 g/mol. The largest absolute Gasteiger partial charge is 0.375 e. The number of imidazole rings is 1. The Hall–Kier alpha value is -0.720. The van der Waals surface area contributed by atoms with Gasteiger partial charge in [0.15, 0.2) is 10.4 Å². The highest BCUT2D eigenvalue weighted by Crippen LogP contribution is 2.38. The molecule has 1 aliphatic rings. The maximum atomic E-state index is 6.08. The molecule has 2 aromatic heterocycles. The maximum absolute atomic E-state index is 6.08. The van der Waals surface area contributed by atoms with Crippen LogP contribution in [0, 0.1) is 4.77 Å². The summed E-state index contributed by atoms with van der Waals surface area (Å²) in [6.07, 6.45) is 5.89. The van der Waals surface area contributed by atoms with E-state index < -0.39 is 0 Å². The van der Waals surface area contributed by atoms with E-state index in [9.17, 15) is 0 Å². The van der Waals surface area contributed by atoms with Crippen LogP contribution in [-0.2, 0) is 4.74 Å². The van der Waals surface area contributed by atoms with Gasteiger partial charge >= 0.3 is 0 Å². The summed E-state index contributed by atoms with van der Waals surface area (Å²) in [6.45, 7) is 5.20. The van der Waals surface area contributed by atoms with Gasteiger partial charge in [0.25, 0.3) is 0 Å². The average Bonchev–Trinajstić information content (AvgIpc) is 2.82. The van der Waals surface area contributed by atoms with Gasteiger partial charge in [-0.1, -0.05) is 13.8 Å². The molecule has 0 saturated carbocycles. The summed E-state index contributed by atoms with van der Waals surface area (Å²) in [5.41, 5.74) is 1.91. The number of hydrogen-bond acceptors (Lipinski definition) is 3. The number of nitrogens with zero attached hydrogens (tertiary/aromatic N) is 2. The van der Waals surface area contributed by atoms with Gasteiger partial charge in [-0.05, 0) is 59.9 Å². The summed E-state index contributed by atoms with van der Waals surface area (Å²) >= 11 is 8.99. The van der Waals surface area contributed by atoms with E-state index in [0.717, 1.165) is 52.7 Å². The molecule has 0 amide bonds. The van der Waals surface area contributed by atoms with Gasteiger partial charge in [0, 0.05) is 23.3 Å². The van der Waals surface area contributed by atoms with Gasteiger partial charge in [-0.3, -0.25) is 4.57 Å². The van der Waals surface area contributed by atoms with Crippen LogP contribution in [0.5, 0.6) is 0 Å². The van der Waals surface area contributed by atoms with Crippen LogP contribution in [0.4, 0.5) is 0 Å². The van der Waals surface area contributed by atoms with Crippen LogP contribution in [0.2, 0.25) is 0 Å². The van der Waals surface area contributed by atoms with Crippen LogP contribution in [0.25, 0.3) is 11.2 Å². The molecule has 114 valence electrons. The molecular formula is C15H20BrN3OS. The third-order valence-corrected chi connectivity index (χ3v) is 5.38. The Kier molecular flexibility index (Phi) is 4.21. The molecule has 1 atom stereocenters. The first kappa shape index (κ1) is 15.2. The van der Waals surface area contributed by atoms with E-state index in [1.807, 2.05) is 12.3 Å². The number of rotatable bonds is 3. The third-order valence-electron chi connectivity index (χ3n) is 4.64. The van der Waals surface area contributed by atoms with E-state index in [-0.39, 0.29) is 5.60 Å². The molecule has 0 radical (unpaired) electrons. The fourth-order valence-electron chi connectivity index (χ4n) is 3.29. The molecule has 2 aromatic rings. The number of aromatic amines is 1. The first-order valence-electron chi connectivity index (χ1n) is 7.48. The number of ether oxygens (including phenoxy) is 1. The number of halogens is 1. The molecule has 0 aliphatic carbocycles. The van der Waals surface area contributed by atoms with Gasteiger partial charge in [-0.15, -0.1) is 0 Å². The third kappa shape index (κ3) is 2.69. The maximum Gasteiger partial charge on any atom is 0.179 e. The normalized spacial score (nSPS) is 21.8. The minimum Gasteiger partial charge on any atom is -0.375 e. The lowest BCUT2D eigenvalue weighted by Gasteiger charge is -2.40. The van der Waals surface area contributed by atoms with Crippen LogP contribution in [-0.4, -0.2) is 26.7 Å². The number of pyridine rings is 1. The fraction of sp³-hybridized carbons (Fsp3) is 0.600. The van der Waals surface area contributed by atoms with E-state index in [0.29, 0.717) is 6.04 Å². The molecule has 0 spiro atoms. The Morgan fingerprint density at radius 2 is 2.29 bits per heavy atom. The van der Waals surface area contributed by atoms with Crippen molar-refractivity contribution >= 4 is 39.3 Å². The second kappa shape index (κ2) is 5.82. The van der Waals surface area contributed by atoms with Crippen LogP contribution >= 0.6 is 28.1 Å².